The molecule has 3 aromatic rings. The number of carbonyl (C=O) groups excluding carboxylic acids is 2. The fraction of sp³-hybridized carbons (Fsp3) is 0.258. The van der Waals surface area contributed by atoms with E-state index in [0.29, 0.717) is 40.6 Å². The molecular weight excluding hydrogens is 560 g/mol. The lowest BCUT2D eigenvalue weighted by Crippen LogP contribution is -2.49. The van der Waals surface area contributed by atoms with Gasteiger partial charge in [0.1, 0.15) is 0 Å². The summed E-state index contributed by atoms with van der Waals surface area (Å²) in [4.78, 5) is 31.2. The fourth-order valence-electron chi connectivity index (χ4n) is 4.44. The van der Waals surface area contributed by atoms with Crippen LogP contribution in [0.3, 0.4) is 0 Å². The summed E-state index contributed by atoms with van der Waals surface area (Å²) in [6, 6.07) is 18.8. The maximum Gasteiger partial charge on any atom is 0.255 e. The predicted octanol–water partition coefficient (Wildman–Crippen LogP) is 5.84. The molecule has 1 saturated heterocycles. The Balaban J connectivity index is 1.53. The first-order valence-corrected chi connectivity index (χ1v) is 15.0. The number of benzene rings is 3. The first kappa shape index (κ1) is 30.2. The summed E-state index contributed by atoms with van der Waals surface area (Å²) in [5.41, 5.74) is 5.05. The lowest BCUT2D eigenvalue weighted by Gasteiger charge is -2.33. The molecule has 10 heteroatoms. The standard InChI is InChI=1S/C31H33ClN4O4S/c1-21(2)19-30(34-29-8-6-5-7-22(29)3)27-20-25(11-14-28(27)32)33-31(38)24-9-12-26(13-10-24)41(39,40)36-17-15-35(16-18-36)23(4)37/h5-14,19-20H,15-18H2,1-4H3,(H,33,38). The molecule has 214 valence electrons. The minimum Gasteiger partial charge on any atom is -0.340 e. The Morgan fingerprint density at radius 2 is 1.59 bits per heavy atom. The maximum absolute atomic E-state index is 13.1. The molecule has 0 unspecified atom stereocenters. The van der Waals surface area contributed by atoms with Crippen LogP contribution in [0.15, 0.2) is 88.3 Å². The maximum atomic E-state index is 13.1. The highest BCUT2D eigenvalue weighted by atomic mass is 35.5. The van der Waals surface area contributed by atoms with E-state index in [4.69, 9.17) is 16.6 Å². The molecule has 0 radical (unpaired) electrons. The smallest absolute Gasteiger partial charge is 0.255 e. The van der Waals surface area contributed by atoms with E-state index in [0.717, 1.165) is 16.8 Å². The zero-order valence-electron chi connectivity index (χ0n) is 23.5. The van der Waals surface area contributed by atoms with Crippen molar-refractivity contribution in [3.8, 4) is 0 Å². The molecule has 0 aliphatic carbocycles. The third-order valence-corrected chi connectivity index (χ3v) is 8.96. The van der Waals surface area contributed by atoms with E-state index in [9.17, 15) is 18.0 Å². The minimum atomic E-state index is -3.74. The van der Waals surface area contributed by atoms with Crippen molar-refractivity contribution in [2.75, 3.05) is 31.5 Å². The molecule has 2 amide bonds. The quantitative estimate of drug-likeness (QED) is 0.348. The van der Waals surface area contributed by atoms with Crippen molar-refractivity contribution < 1.29 is 18.0 Å². The third kappa shape index (κ3) is 7.30. The van der Waals surface area contributed by atoms with Gasteiger partial charge >= 0.3 is 0 Å². The van der Waals surface area contributed by atoms with Crippen molar-refractivity contribution in [3.05, 3.63) is 100 Å². The summed E-state index contributed by atoms with van der Waals surface area (Å²) in [7, 11) is -3.74. The number of amides is 2. The molecule has 0 saturated carbocycles. The fourth-order valence-corrected chi connectivity index (χ4v) is 6.07. The molecule has 1 heterocycles. The first-order valence-electron chi connectivity index (χ1n) is 13.2. The van der Waals surface area contributed by atoms with Crippen LogP contribution in [0.25, 0.3) is 0 Å². The number of anilines is 1. The van der Waals surface area contributed by atoms with Crippen molar-refractivity contribution in [1.82, 2.24) is 9.21 Å². The lowest BCUT2D eigenvalue weighted by molar-refractivity contribution is -0.129. The van der Waals surface area contributed by atoms with Crippen LogP contribution in [0, 0.1) is 6.92 Å². The highest BCUT2D eigenvalue weighted by molar-refractivity contribution is 7.89. The van der Waals surface area contributed by atoms with Crippen LogP contribution in [-0.2, 0) is 14.8 Å². The Hall–Kier alpha value is -3.79. The molecule has 0 bridgehead atoms. The molecule has 3 aromatic carbocycles. The molecule has 1 fully saturated rings. The number of allylic oxidation sites excluding steroid dienone is 2. The monoisotopic (exact) mass is 592 g/mol. The normalized spacial score (nSPS) is 14.5. The molecule has 1 aliphatic rings. The summed E-state index contributed by atoms with van der Waals surface area (Å²) in [5, 5.41) is 3.37. The second-order valence-corrected chi connectivity index (χ2v) is 12.4. The van der Waals surface area contributed by atoms with Gasteiger partial charge in [0, 0.05) is 49.9 Å². The van der Waals surface area contributed by atoms with Crippen LogP contribution in [0.1, 0.15) is 42.3 Å². The van der Waals surface area contributed by atoms with Crippen LogP contribution in [0.5, 0.6) is 0 Å². The number of sulfonamides is 1. The minimum absolute atomic E-state index is 0.0723. The number of nitrogens with one attached hydrogen (secondary N) is 1. The Labute approximate surface area is 246 Å². The average Bonchev–Trinajstić information content (AvgIpc) is 2.94. The molecule has 0 atom stereocenters. The van der Waals surface area contributed by atoms with Crippen LogP contribution >= 0.6 is 11.6 Å². The van der Waals surface area contributed by atoms with Gasteiger partial charge in [0.15, 0.2) is 0 Å². The van der Waals surface area contributed by atoms with Gasteiger partial charge in [-0.3, -0.25) is 9.59 Å². The van der Waals surface area contributed by atoms with Gasteiger partial charge in [0.05, 0.1) is 21.3 Å². The van der Waals surface area contributed by atoms with Crippen LogP contribution in [0.2, 0.25) is 5.02 Å². The summed E-state index contributed by atoms with van der Waals surface area (Å²) in [5.74, 6) is -0.464. The van der Waals surface area contributed by atoms with Gasteiger partial charge in [0.2, 0.25) is 15.9 Å². The Morgan fingerprint density at radius 1 is 0.927 bits per heavy atom. The van der Waals surface area contributed by atoms with Crippen LogP contribution in [-0.4, -0.2) is 61.3 Å². The summed E-state index contributed by atoms with van der Waals surface area (Å²) < 4.78 is 27.5. The van der Waals surface area contributed by atoms with Crippen molar-refractivity contribution in [2.45, 2.75) is 32.6 Å². The molecule has 41 heavy (non-hydrogen) atoms. The van der Waals surface area contributed by atoms with E-state index in [-0.39, 0.29) is 23.9 Å². The predicted molar refractivity (Wildman–Crippen MR) is 164 cm³/mol. The zero-order valence-corrected chi connectivity index (χ0v) is 25.1. The number of halogens is 1. The number of aliphatic imine (C=N–C) groups is 1. The second-order valence-electron chi connectivity index (χ2n) is 10.1. The summed E-state index contributed by atoms with van der Waals surface area (Å²) in [6.45, 7) is 8.57. The average molecular weight is 593 g/mol. The van der Waals surface area contributed by atoms with E-state index in [1.165, 1.54) is 35.5 Å². The number of hydrogen-bond donors (Lipinski definition) is 1. The van der Waals surface area contributed by atoms with E-state index in [1.807, 2.05) is 51.1 Å². The number of rotatable bonds is 7. The molecule has 0 aromatic heterocycles. The van der Waals surface area contributed by atoms with Gasteiger partial charge in [0.25, 0.3) is 5.91 Å². The first-order chi connectivity index (χ1) is 19.5. The second kappa shape index (κ2) is 12.8. The molecule has 4 rings (SSSR count). The SMILES string of the molecule is CC(=O)N1CCN(S(=O)(=O)c2ccc(C(=O)Nc3ccc(Cl)c(C(C=C(C)C)=Nc4ccccc4C)c3)cc2)CC1. The van der Waals surface area contributed by atoms with Gasteiger partial charge in [-0.25, -0.2) is 13.4 Å². The Kier molecular flexibility index (Phi) is 9.42. The Bertz CT molecular complexity index is 1620. The summed E-state index contributed by atoms with van der Waals surface area (Å²) >= 11 is 6.58. The van der Waals surface area contributed by atoms with E-state index >= 15 is 0 Å². The number of nitrogens with zero attached hydrogens (tertiary/aromatic N) is 3. The number of para-hydroxylation sites is 1. The zero-order chi connectivity index (χ0) is 29.7. The molecule has 1 aliphatic heterocycles. The number of piperazine rings is 1. The van der Waals surface area contributed by atoms with Crippen molar-refractivity contribution in [2.24, 2.45) is 4.99 Å². The highest BCUT2D eigenvalue weighted by Crippen LogP contribution is 2.26. The highest BCUT2D eigenvalue weighted by Gasteiger charge is 2.29. The van der Waals surface area contributed by atoms with Gasteiger partial charge in [-0.2, -0.15) is 4.31 Å². The van der Waals surface area contributed by atoms with Crippen molar-refractivity contribution in [3.63, 3.8) is 0 Å². The lowest BCUT2D eigenvalue weighted by atomic mass is 10.1. The largest absolute Gasteiger partial charge is 0.340 e. The summed E-state index contributed by atoms with van der Waals surface area (Å²) in [6.07, 6.45) is 1.94. The van der Waals surface area contributed by atoms with Crippen molar-refractivity contribution >= 4 is 50.5 Å². The number of aryl methyl sites for hydroxylation is 1. The van der Waals surface area contributed by atoms with E-state index in [2.05, 4.69) is 5.32 Å². The number of carbonyl (C=O) groups is 2. The van der Waals surface area contributed by atoms with Gasteiger partial charge < -0.3 is 10.2 Å². The van der Waals surface area contributed by atoms with E-state index in [1.54, 1.807) is 23.1 Å². The molecule has 1 N–H and O–H groups in total. The molecule has 8 nitrogen and oxygen atoms in total. The molecule has 0 spiro atoms. The Morgan fingerprint density at radius 3 is 2.20 bits per heavy atom. The third-order valence-electron chi connectivity index (χ3n) is 6.72. The van der Waals surface area contributed by atoms with E-state index < -0.39 is 15.9 Å². The van der Waals surface area contributed by atoms with Gasteiger partial charge in [-0.15, -0.1) is 0 Å². The molecular formula is C31H33ClN4O4S. The van der Waals surface area contributed by atoms with Crippen LogP contribution < -0.4 is 5.32 Å². The van der Waals surface area contributed by atoms with Gasteiger partial charge in [-0.1, -0.05) is 35.4 Å². The van der Waals surface area contributed by atoms with Crippen LogP contribution in [0.4, 0.5) is 11.4 Å². The van der Waals surface area contributed by atoms with Crippen molar-refractivity contribution in [1.29, 1.82) is 0 Å². The topological polar surface area (TPSA) is 99.2 Å². The number of hydrogen-bond acceptors (Lipinski definition) is 5. The van der Waals surface area contributed by atoms with Gasteiger partial charge in [-0.05, 0) is 80.9 Å².